The third-order valence-electron chi connectivity index (χ3n) is 4.76. The number of hydrogen-bond acceptors (Lipinski definition) is 5. The first-order valence-electron chi connectivity index (χ1n) is 9.57. The van der Waals surface area contributed by atoms with Gasteiger partial charge in [-0.15, -0.1) is 0 Å². The highest BCUT2D eigenvalue weighted by molar-refractivity contribution is 5.94. The van der Waals surface area contributed by atoms with Crippen LogP contribution in [0.25, 0.3) is 0 Å². The molecule has 1 atom stereocenters. The molecule has 6 nitrogen and oxygen atoms in total. The van der Waals surface area contributed by atoms with Crippen LogP contribution in [0.4, 0.5) is 26.3 Å². The molecule has 2 aromatic rings. The van der Waals surface area contributed by atoms with Gasteiger partial charge in [-0.05, 0) is 19.1 Å². The molecule has 1 unspecified atom stereocenters. The summed E-state index contributed by atoms with van der Waals surface area (Å²) in [5.41, 5.74) is -0.0955. The number of morpholine rings is 1. The molecule has 0 aliphatic carbocycles. The minimum absolute atomic E-state index is 0.0344. The summed E-state index contributed by atoms with van der Waals surface area (Å²) in [6, 6.07) is 3.69. The van der Waals surface area contributed by atoms with Gasteiger partial charge in [-0.3, -0.25) is 9.59 Å². The van der Waals surface area contributed by atoms with Crippen LogP contribution in [0.2, 0.25) is 0 Å². The lowest BCUT2D eigenvalue weighted by Gasteiger charge is -2.32. The van der Waals surface area contributed by atoms with Crippen LogP contribution in [0.15, 0.2) is 18.2 Å². The van der Waals surface area contributed by atoms with E-state index in [1.54, 1.807) is 0 Å². The second-order valence-corrected chi connectivity index (χ2v) is 7.03. The number of halogens is 6. The summed E-state index contributed by atoms with van der Waals surface area (Å²) in [6.07, 6.45) is -0.660. The molecular weight excluding hydrogens is 460 g/mol. The Balaban J connectivity index is 1.57. The second-order valence-electron chi connectivity index (χ2n) is 7.03. The van der Waals surface area contributed by atoms with Gasteiger partial charge in [0.25, 0.3) is 5.91 Å². The van der Waals surface area contributed by atoms with Crippen LogP contribution >= 0.6 is 0 Å². The number of ketones is 1. The first-order chi connectivity index (χ1) is 15.6. The van der Waals surface area contributed by atoms with E-state index in [4.69, 9.17) is 9.47 Å². The van der Waals surface area contributed by atoms with E-state index >= 15 is 0 Å². The molecule has 33 heavy (non-hydrogen) atoms. The van der Waals surface area contributed by atoms with Crippen molar-refractivity contribution in [1.82, 2.24) is 4.90 Å². The fourth-order valence-electron chi connectivity index (χ4n) is 3.04. The lowest BCUT2D eigenvalue weighted by Crippen LogP contribution is -2.49. The number of benzene rings is 2. The number of ether oxygens (including phenoxy) is 3. The fourth-order valence-corrected chi connectivity index (χ4v) is 3.04. The monoisotopic (exact) mass is 477 g/mol. The van der Waals surface area contributed by atoms with E-state index in [0.29, 0.717) is 0 Å². The number of nitrogens with zero attached hydrogens (tertiary/aromatic N) is 1. The molecule has 0 saturated carbocycles. The molecule has 1 saturated heterocycles. The number of amides is 1. The number of rotatable bonds is 7. The summed E-state index contributed by atoms with van der Waals surface area (Å²) in [6.45, 7) is 0.256. The smallest absolute Gasteiger partial charge is 0.260 e. The van der Waals surface area contributed by atoms with Gasteiger partial charge in [0.2, 0.25) is 29.1 Å². The van der Waals surface area contributed by atoms with E-state index in [-0.39, 0.29) is 37.6 Å². The highest BCUT2D eigenvalue weighted by Gasteiger charge is 2.29. The molecule has 12 heteroatoms. The van der Waals surface area contributed by atoms with Crippen LogP contribution < -0.4 is 9.47 Å². The number of Topliss-reactive ketones (excluding diaryl/α,β-unsaturated/α-hetero) is 1. The van der Waals surface area contributed by atoms with E-state index in [1.807, 2.05) is 0 Å². The molecule has 3 rings (SSSR count). The minimum atomic E-state index is -2.34. The molecule has 0 N–H and O–H groups in total. The first-order valence-corrected chi connectivity index (χ1v) is 9.57. The molecule has 0 radical (unpaired) electrons. The zero-order chi connectivity index (χ0) is 24.3. The van der Waals surface area contributed by atoms with Crippen molar-refractivity contribution in [3.8, 4) is 11.5 Å². The predicted octanol–water partition coefficient (Wildman–Crippen LogP) is 3.41. The van der Waals surface area contributed by atoms with Crippen LogP contribution in [0.1, 0.15) is 17.3 Å². The summed E-state index contributed by atoms with van der Waals surface area (Å²) in [4.78, 5) is 24.8. The Labute approximate surface area is 183 Å². The van der Waals surface area contributed by atoms with Crippen LogP contribution in [0.5, 0.6) is 11.5 Å². The van der Waals surface area contributed by atoms with Gasteiger partial charge in [-0.25, -0.2) is 17.6 Å². The van der Waals surface area contributed by atoms with Crippen molar-refractivity contribution in [2.45, 2.75) is 13.0 Å². The van der Waals surface area contributed by atoms with Gasteiger partial charge in [-0.2, -0.15) is 8.78 Å². The van der Waals surface area contributed by atoms with E-state index in [1.165, 1.54) is 24.0 Å². The maximum atomic E-state index is 13.9. The maximum Gasteiger partial charge on any atom is 0.260 e. The van der Waals surface area contributed by atoms with Gasteiger partial charge in [0, 0.05) is 12.6 Å². The normalized spacial score (nSPS) is 16.0. The lowest BCUT2D eigenvalue weighted by molar-refractivity contribution is -0.142. The number of carbonyl (C=O) groups excluding carboxylic acids is 2. The molecule has 2 aromatic carbocycles. The topological polar surface area (TPSA) is 65.1 Å². The minimum Gasteiger partial charge on any atom is -0.491 e. The van der Waals surface area contributed by atoms with Gasteiger partial charge in [-0.1, -0.05) is 0 Å². The standard InChI is InChI=1S/C21H17F6NO5/c1-10(29)13-3-2-11(6-14(13)22)32-8-12-7-28(4-5-31-12)15(30)9-33-21-19(26)17(24)16(23)18(25)20(21)27/h2-3,6,12H,4-5,7-9H2,1H3. The molecule has 0 aromatic heterocycles. The lowest BCUT2D eigenvalue weighted by atomic mass is 10.1. The van der Waals surface area contributed by atoms with Gasteiger partial charge in [0.05, 0.1) is 18.7 Å². The number of carbonyl (C=O) groups is 2. The van der Waals surface area contributed by atoms with Crippen LogP contribution in [-0.2, 0) is 9.53 Å². The van der Waals surface area contributed by atoms with Crippen LogP contribution in [0, 0.1) is 34.9 Å². The largest absolute Gasteiger partial charge is 0.491 e. The second kappa shape index (κ2) is 10.1. The average molecular weight is 477 g/mol. The maximum absolute atomic E-state index is 13.9. The van der Waals surface area contributed by atoms with Crippen molar-refractivity contribution >= 4 is 11.7 Å². The van der Waals surface area contributed by atoms with Gasteiger partial charge in [0.15, 0.2) is 18.1 Å². The molecule has 0 bridgehead atoms. The zero-order valence-corrected chi connectivity index (χ0v) is 17.1. The van der Waals surface area contributed by atoms with Crippen LogP contribution in [-0.4, -0.2) is 55.6 Å². The van der Waals surface area contributed by atoms with Gasteiger partial charge >= 0.3 is 0 Å². The SMILES string of the molecule is CC(=O)c1ccc(OCC2CN(C(=O)COc3c(F)c(F)c(F)c(F)c3F)CCO2)cc1F. The Morgan fingerprint density at radius 2 is 1.64 bits per heavy atom. The predicted molar refractivity (Wildman–Crippen MR) is 99.9 cm³/mol. The summed E-state index contributed by atoms with van der Waals surface area (Å²) in [5.74, 6) is -14.5. The number of hydrogen-bond donors (Lipinski definition) is 0. The molecule has 0 spiro atoms. The van der Waals surface area contributed by atoms with Crippen molar-refractivity contribution in [3.05, 3.63) is 58.7 Å². The van der Waals surface area contributed by atoms with E-state index in [2.05, 4.69) is 4.74 Å². The van der Waals surface area contributed by atoms with Gasteiger partial charge < -0.3 is 19.1 Å². The van der Waals surface area contributed by atoms with E-state index in [9.17, 15) is 35.9 Å². The van der Waals surface area contributed by atoms with Crippen molar-refractivity contribution in [3.63, 3.8) is 0 Å². The fraction of sp³-hybridized carbons (Fsp3) is 0.333. The molecular formula is C21H17F6NO5. The zero-order valence-electron chi connectivity index (χ0n) is 17.1. The first kappa shape index (κ1) is 24.4. The highest BCUT2D eigenvalue weighted by atomic mass is 19.2. The molecule has 1 aliphatic heterocycles. The summed E-state index contributed by atoms with van der Waals surface area (Å²) >= 11 is 0. The molecule has 178 valence electrons. The Morgan fingerprint density at radius 1 is 1.00 bits per heavy atom. The molecule has 1 amide bonds. The Bertz CT molecular complexity index is 1050. The van der Waals surface area contributed by atoms with Crippen molar-refractivity contribution < 1.29 is 50.1 Å². The van der Waals surface area contributed by atoms with Gasteiger partial charge in [0.1, 0.15) is 24.3 Å². The third-order valence-corrected chi connectivity index (χ3v) is 4.76. The summed E-state index contributed by atoms with van der Waals surface area (Å²) in [5, 5.41) is 0. The van der Waals surface area contributed by atoms with Crippen LogP contribution in [0.3, 0.4) is 0 Å². The Hall–Kier alpha value is -3.28. The Morgan fingerprint density at radius 3 is 2.24 bits per heavy atom. The quantitative estimate of drug-likeness (QED) is 0.265. The molecule has 1 fully saturated rings. The average Bonchev–Trinajstić information content (AvgIpc) is 2.80. The summed E-state index contributed by atoms with van der Waals surface area (Å²) < 4.78 is 96.2. The van der Waals surface area contributed by atoms with Crippen molar-refractivity contribution in [2.75, 3.05) is 32.9 Å². The molecule has 1 aliphatic rings. The van der Waals surface area contributed by atoms with Crippen molar-refractivity contribution in [1.29, 1.82) is 0 Å². The third kappa shape index (κ3) is 5.38. The Kier molecular flexibility index (Phi) is 7.46. The molecule has 1 heterocycles. The van der Waals surface area contributed by atoms with Crippen molar-refractivity contribution in [2.24, 2.45) is 0 Å². The highest BCUT2D eigenvalue weighted by Crippen LogP contribution is 2.29. The van der Waals surface area contributed by atoms with E-state index in [0.717, 1.165) is 6.07 Å². The summed E-state index contributed by atoms with van der Waals surface area (Å²) in [7, 11) is 0. The van der Waals surface area contributed by atoms with E-state index < -0.39 is 65.1 Å².